The minimum absolute atomic E-state index is 0.226. The summed E-state index contributed by atoms with van der Waals surface area (Å²) in [5, 5.41) is 3.77. The van der Waals surface area contributed by atoms with Gasteiger partial charge in [-0.05, 0) is 31.4 Å². The average molecular weight is 380 g/mol. The molecule has 0 bridgehead atoms. The van der Waals surface area contributed by atoms with Gasteiger partial charge in [0.25, 0.3) is 0 Å². The molecule has 0 aromatic carbocycles. The molecule has 0 saturated carbocycles. The van der Waals surface area contributed by atoms with Crippen molar-refractivity contribution >= 4 is 22.9 Å². The third kappa shape index (κ3) is 2.66. The third-order valence-corrected chi connectivity index (χ3v) is 7.11. The van der Waals surface area contributed by atoms with Crippen molar-refractivity contribution in [3.8, 4) is 0 Å². The quantitative estimate of drug-likeness (QED) is 0.824. The summed E-state index contributed by atoms with van der Waals surface area (Å²) < 4.78 is 15.2. The number of nitrogens with zero attached hydrogens (tertiary/aromatic N) is 2. The first-order valence-electron chi connectivity index (χ1n) is 8.95. The zero-order chi connectivity index (χ0) is 17.0. The number of ether oxygens (including phenoxy) is 2. The van der Waals surface area contributed by atoms with Crippen LogP contribution < -0.4 is 5.32 Å². The Balaban J connectivity index is 1.53. The van der Waals surface area contributed by atoms with Gasteiger partial charge in [-0.3, -0.25) is 0 Å². The lowest BCUT2D eigenvalue weighted by atomic mass is 9.79. The van der Waals surface area contributed by atoms with Crippen molar-refractivity contribution in [2.45, 2.75) is 57.0 Å². The molecule has 3 atom stereocenters. The Bertz CT molecular complexity index is 804. The number of piperidine rings is 1. The largest absolute Gasteiger partial charge is 0.372 e. The molecule has 1 saturated heterocycles. The summed E-state index contributed by atoms with van der Waals surface area (Å²) in [5.74, 6) is 1.03. The van der Waals surface area contributed by atoms with E-state index < -0.39 is 0 Å². The van der Waals surface area contributed by atoms with Crippen LogP contribution in [0.1, 0.15) is 47.8 Å². The first-order chi connectivity index (χ1) is 12.1. The Labute approximate surface area is 156 Å². The molecule has 3 aliphatic rings. The molecule has 5 heterocycles. The van der Waals surface area contributed by atoms with Crippen molar-refractivity contribution in [2.75, 3.05) is 13.2 Å². The molecular formula is C18H22ClN3O2S. The average Bonchev–Trinajstić information content (AvgIpc) is 3.18. The minimum atomic E-state index is -0.226. The number of halogens is 1. The summed E-state index contributed by atoms with van der Waals surface area (Å²) in [6.45, 7) is 5.26. The number of fused-ring (bicyclic) bond motifs is 3. The number of hydrogen-bond donors (Lipinski definition) is 1. The van der Waals surface area contributed by atoms with E-state index in [9.17, 15) is 0 Å². The van der Waals surface area contributed by atoms with E-state index >= 15 is 0 Å². The number of hydrogen-bond acceptors (Lipinski definition) is 5. The van der Waals surface area contributed by atoms with Crippen LogP contribution in [0.25, 0.3) is 0 Å². The fraction of sp³-hybridized carbons (Fsp3) is 0.611. The first kappa shape index (κ1) is 16.3. The van der Waals surface area contributed by atoms with Crippen LogP contribution in [0.4, 0.5) is 0 Å². The normalized spacial score (nSPS) is 31.8. The van der Waals surface area contributed by atoms with Crippen LogP contribution in [0.15, 0.2) is 12.3 Å². The lowest BCUT2D eigenvalue weighted by Crippen LogP contribution is -2.50. The highest BCUT2D eigenvalue weighted by Crippen LogP contribution is 2.50. The second-order valence-electron chi connectivity index (χ2n) is 7.33. The van der Waals surface area contributed by atoms with Crippen LogP contribution in [-0.4, -0.2) is 28.8 Å². The van der Waals surface area contributed by atoms with E-state index in [1.54, 1.807) is 11.3 Å². The van der Waals surface area contributed by atoms with E-state index in [4.69, 9.17) is 21.1 Å². The Morgan fingerprint density at radius 3 is 3.24 bits per heavy atom. The molecule has 7 heteroatoms. The van der Waals surface area contributed by atoms with Gasteiger partial charge in [-0.25, -0.2) is 4.98 Å². The molecule has 3 aliphatic heterocycles. The van der Waals surface area contributed by atoms with Crippen molar-refractivity contribution < 1.29 is 9.47 Å². The fourth-order valence-electron chi connectivity index (χ4n) is 4.65. The Morgan fingerprint density at radius 1 is 1.40 bits per heavy atom. The van der Waals surface area contributed by atoms with Crippen molar-refractivity contribution in [1.29, 1.82) is 0 Å². The SMILES string of the molecule is C[C@H]1C[C@@]2(C[C@@H](c3cnc4n3CCOC4)N1)OCCc1cc(Cl)sc12. The molecule has 25 heavy (non-hydrogen) atoms. The lowest BCUT2D eigenvalue weighted by Gasteiger charge is -2.46. The van der Waals surface area contributed by atoms with E-state index in [0.717, 1.165) is 49.2 Å². The maximum atomic E-state index is 6.45. The topological polar surface area (TPSA) is 48.3 Å². The highest BCUT2D eigenvalue weighted by Gasteiger charge is 2.46. The molecule has 0 radical (unpaired) electrons. The first-order valence-corrected chi connectivity index (χ1v) is 10.1. The van der Waals surface area contributed by atoms with Gasteiger partial charge in [0.15, 0.2) is 0 Å². The molecule has 0 amide bonds. The molecule has 1 fully saturated rings. The predicted octanol–water partition coefficient (Wildman–Crippen LogP) is 3.41. The number of aromatic nitrogens is 2. The Morgan fingerprint density at radius 2 is 2.32 bits per heavy atom. The molecule has 0 aliphatic carbocycles. The van der Waals surface area contributed by atoms with E-state index in [0.29, 0.717) is 12.6 Å². The second kappa shape index (κ2) is 6.06. The van der Waals surface area contributed by atoms with Crippen LogP contribution in [0.2, 0.25) is 4.34 Å². The van der Waals surface area contributed by atoms with Crippen LogP contribution in [0.3, 0.4) is 0 Å². The van der Waals surface area contributed by atoms with Crippen molar-refractivity contribution in [2.24, 2.45) is 0 Å². The molecule has 2 aromatic heterocycles. The number of rotatable bonds is 1. The summed E-state index contributed by atoms with van der Waals surface area (Å²) in [6, 6.07) is 2.73. The summed E-state index contributed by atoms with van der Waals surface area (Å²) in [4.78, 5) is 5.91. The number of thiophene rings is 1. The van der Waals surface area contributed by atoms with E-state index in [-0.39, 0.29) is 11.6 Å². The second-order valence-corrected chi connectivity index (χ2v) is 9.01. The van der Waals surface area contributed by atoms with Crippen molar-refractivity contribution in [3.63, 3.8) is 0 Å². The van der Waals surface area contributed by atoms with E-state index in [1.807, 2.05) is 6.20 Å². The predicted molar refractivity (Wildman–Crippen MR) is 97.1 cm³/mol. The van der Waals surface area contributed by atoms with Gasteiger partial charge in [0.2, 0.25) is 0 Å². The number of imidazole rings is 1. The maximum Gasteiger partial charge on any atom is 0.135 e. The molecule has 1 spiro atoms. The molecule has 5 rings (SSSR count). The van der Waals surface area contributed by atoms with Gasteiger partial charge in [-0.2, -0.15) is 0 Å². The molecule has 1 N–H and O–H groups in total. The summed E-state index contributed by atoms with van der Waals surface area (Å²) >= 11 is 8.04. The Kier molecular flexibility index (Phi) is 3.95. The molecular weight excluding hydrogens is 358 g/mol. The lowest BCUT2D eigenvalue weighted by molar-refractivity contribution is -0.0961. The van der Waals surface area contributed by atoms with Crippen LogP contribution in [0, 0.1) is 0 Å². The van der Waals surface area contributed by atoms with Crippen molar-refractivity contribution in [1.82, 2.24) is 14.9 Å². The zero-order valence-electron chi connectivity index (χ0n) is 14.3. The molecule has 134 valence electrons. The zero-order valence-corrected chi connectivity index (χ0v) is 15.8. The van der Waals surface area contributed by atoms with Crippen LogP contribution in [-0.2, 0) is 34.6 Å². The minimum Gasteiger partial charge on any atom is -0.372 e. The van der Waals surface area contributed by atoms with Gasteiger partial charge in [-0.1, -0.05) is 11.6 Å². The monoisotopic (exact) mass is 379 g/mol. The summed E-state index contributed by atoms with van der Waals surface area (Å²) in [5.41, 5.74) is 2.40. The molecule has 5 nitrogen and oxygen atoms in total. The van der Waals surface area contributed by atoms with Crippen LogP contribution >= 0.6 is 22.9 Å². The highest BCUT2D eigenvalue weighted by molar-refractivity contribution is 7.16. The van der Waals surface area contributed by atoms with Gasteiger partial charge in [0.05, 0.1) is 35.5 Å². The van der Waals surface area contributed by atoms with Gasteiger partial charge < -0.3 is 19.4 Å². The number of nitrogens with one attached hydrogen (secondary N) is 1. The summed E-state index contributed by atoms with van der Waals surface area (Å²) in [7, 11) is 0. The van der Waals surface area contributed by atoms with Gasteiger partial charge in [0.1, 0.15) is 18.0 Å². The third-order valence-electron chi connectivity index (χ3n) is 5.61. The van der Waals surface area contributed by atoms with Crippen molar-refractivity contribution in [3.05, 3.63) is 38.6 Å². The van der Waals surface area contributed by atoms with Crippen LogP contribution in [0.5, 0.6) is 0 Å². The highest BCUT2D eigenvalue weighted by atomic mass is 35.5. The van der Waals surface area contributed by atoms with E-state index in [1.165, 1.54) is 16.1 Å². The maximum absolute atomic E-state index is 6.45. The standard InChI is InChI=1S/C18H22ClN3O2S/c1-11-7-18(17-12(2-4-24-18)6-15(19)25-17)8-13(21-11)14-9-20-16-10-23-5-3-22(14)16/h6,9,11,13,21H,2-5,7-8,10H2,1H3/t11-,13-,18-/m0/s1. The molecule has 0 unspecified atom stereocenters. The van der Waals surface area contributed by atoms with Gasteiger partial charge in [-0.15, -0.1) is 11.3 Å². The Hall–Kier alpha value is -0.920. The fourth-order valence-corrected chi connectivity index (χ4v) is 6.11. The van der Waals surface area contributed by atoms with E-state index in [2.05, 4.69) is 27.9 Å². The molecule has 2 aromatic rings. The summed E-state index contributed by atoms with van der Waals surface area (Å²) in [6.07, 6.45) is 4.88. The van der Waals surface area contributed by atoms with Gasteiger partial charge in [0, 0.05) is 23.9 Å². The smallest absolute Gasteiger partial charge is 0.135 e. The van der Waals surface area contributed by atoms with Gasteiger partial charge >= 0.3 is 0 Å².